The molecule has 0 amide bonds. The number of hydrogen-bond acceptors (Lipinski definition) is 3. The Hall–Kier alpha value is -1.81. The smallest absolute Gasteiger partial charge is 0.294 e. The van der Waals surface area contributed by atoms with Crippen LogP contribution < -0.4 is 5.56 Å². The van der Waals surface area contributed by atoms with E-state index in [1.807, 2.05) is 6.07 Å². The minimum Gasteiger partial charge on any atom is -0.447 e. The van der Waals surface area contributed by atoms with Gasteiger partial charge in [-0.25, -0.2) is 4.98 Å². The molecule has 1 aromatic carbocycles. The molecule has 5 heteroatoms. The van der Waals surface area contributed by atoms with Crippen LogP contribution in [0.5, 0.6) is 0 Å². The van der Waals surface area contributed by atoms with Gasteiger partial charge in [0.15, 0.2) is 5.58 Å². The van der Waals surface area contributed by atoms with Gasteiger partial charge in [-0.1, -0.05) is 17.7 Å². The molecule has 0 spiro atoms. The molecular weight excluding hydrogens is 216 g/mol. The molecule has 0 atom stereocenters. The highest BCUT2D eigenvalue weighted by Crippen LogP contribution is 2.29. The van der Waals surface area contributed by atoms with E-state index in [2.05, 4.69) is 9.97 Å². The van der Waals surface area contributed by atoms with E-state index >= 15 is 0 Å². The lowest BCUT2D eigenvalue weighted by Crippen LogP contribution is -2.03. The van der Waals surface area contributed by atoms with Gasteiger partial charge in [0.2, 0.25) is 5.58 Å². The number of nitrogens with zero attached hydrogens (tertiary/aromatic N) is 1. The van der Waals surface area contributed by atoms with Crippen LogP contribution in [-0.2, 0) is 0 Å². The molecule has 4 nitrogen and oxygen atoms in total. The molecule has 0 bridgehead atoms. The molecule has 0 aliphatic rings. The summed E-state index contributed by atoms with van der Waals surface area (Å²) in [6.07, 6.45) is 1.35. The van der Waals surface area contributed by atoms with Crippen molar-refractivity contribution in [3.8, 4) is 0 Å². The molecule has 0 saturated heterocycles. The summed E-state index contributed by atoms with van der Waals surface area (Å²) in [5.41, 5.74) is 0.947. The Bertz CT molecular complexity index is 714. The Morgan fingerprint density at radius 2 is 2.20 bits per heavy atom. The van der Waals surface area contributed by atoms with E-state index in [4.69, 9.17) is 16.0 Å². The van der Waals surface area contributed by atoms with E-state index < -0.39 is 0 Å². The van der Waals surface area contributed by atoms with Gasteiger partial charge in [0.25, 0.3) is 5.56 Å². The van der Waals surface area contributed by atoms with Crippen molar-refractivity contribution in [3.63, 3.8) is 0 Å². The summed E-state index contributed by atoms with van der Waals surface area (Å²) in [4.78, 5) is 17.9. The molecular formula is C10H5ClN2O2. The van der Waals surface area contributed by atoms with E-state index in [0.717, 1.165) is 5.39 Å². The lowest BCUT2D eigenvalue weighted by molar-refractivity contribution is 0.661. The summed E-state index contributed by atoms with van der Waals surface area (Å²) in [6.45, 7) is 0. The highest BCUT2D eigenvalue weighted by Gasteiger charge is 2.12. The van der Waals surface area contributed by atoms with Crippen LogP contribution in [0.4, 0.5) is 0 Å². The summed E-state index contributed by atoms with van der Waals surface area (Å²) < 4.78 is 5.38. The van der Waals surface area contributed by atoms with Crippen LogP contribution in [0.25, 0.3) is 22.1 Å². The van der Waals surface area contributed by atoms with Crippen LogP contribution in [0.3, 0.4) is 0 Å². The van der Waals surface area contributed by atoms with Crippen molar-refractivity contribution in [2.45, 2.75) is 0 Å². The molecule has 1 N–H and O–H groups in total. The van der Waals surface area contributed by atoms with Gasteiger partial charge >= 0.3 is 0 Å². The molecule has 0 fully saturated rings. The Kier molecular flexibility index (Phi) is 1.61. The fourth-order valence-corrected chi connectivity index (χ4v) is 1.79. The van der Waals surface area contributed by atoms with E-state index in [9.17, 15) is 4.79 Å². The highest BCUT2D eigenvalue weighted by molar-refractivity contribution is 6.35. The van der Waals surface area contributed by atoms with E-state index in [1.54, 1.807) is 12.1 Å². The van der Waals surface area contributed by atoms with Crippen molar-refractivity contribution in [2.24, 2.45) is 0 Å². The number of para-hydroxylation sites is 1. The van der Waals surface area contributed by atoms with Crippen LogP contribution in [0, 0.1) is 0 Å². The minimum absolute atomic E-state index is 0.209. The number of aromatic amines is 1. The third-order valence-corrected chi connectivity index (χ3v) is 2.53. The zero-order valence-electron chi connectivity index (χ0n) is 7.45. The number of furan rings is 1. The zero-order chi connectivity index (χ0) is 10.4. The summed E-state index contributed by atoms with van der Waals surface area (Å²) >= 11 is 5.95. The largest absolute Gasteiger partial charge is 0.447 e. The zero-order valence-corrected chi connectivity index (χ0v) is 8.21. The van der Waals surface area contributed by atoms with Gasteiger partial charge < -0.3 is 9.40 Å². The summed E-state index contributed by atoms with van der Waals surface area (Å²) in [7, 11) is 0. The van der Waals surface area contributed by atoms with E-state index in [1.165, 1.54) is 6.33 Å². The highest BCUT2D eigenvalue weighted by atomic mass is 35.5. The first-order valence-electron chi connectivity index (χ1n) is 4.32. The number of hydrogen-bond donors (Lipinski definition) is 1. The average Bonchev–Trinajstić information content (AvgIpc) is 2.60. The number of benzene rings is 1. The molecule has 0 aliphatic carbocycles. The van der Waals surface area contributed by atoms with Crippen molar-refractivity contribution in [1.82, 2.24) is 9.97 Å². The molecule has 0 aliphatic heterocycles. The lowest BCUT2D eigenvalue weighted by Gasteiger charge is -1.88. The third-order valence-electron chi connectivity index (χ3n) is 2.24. The lowest BCUT2D eigenvalue weighted by atomic mass is 10.2. The van der Waals surface area contributed by atoms with Gasteiger partial charge in [-0.3, -0.25) is 4.79 Å². The summed E-state index contributed by atoms with van der Waals surface area (Å²) in [5, 5.41) is 1.23. The predicted octanol–water partition coefficient (Wildman–Crippen LogP) is 2.32. The number of nitrogens with one attached hydrogen (secondary N) is 1. The van der Waals surface area contributed by atoms with Gasteiger partial charge in [0.1, 0.15) is 5.52 Å². The fourth-order valence-electron chi connectivity index (χ4n) is 1.57. The Morgan fingerprint density at radius 3 is 3.07 bits per heavy atom. The van der Waals surface area contributed by atoms with Crippen molar-refractivity contribution in [1.29, 1.82) is 0 Å². The van der Waals surface area contributed by atoms with Crippen LogP contribution in [0.1, 0.15) is 0 Å². The maximum absolute atomic E-state index is 11.4. The Labute approximate surface area is 88.5 Å². The van der Waals surface area contributed by atoms with Crippen LogP contribution in [0.15, 0.2) is 33.7 Å². The maximum atomic E-state index is 11.4. The quantitative estimate of drug-likeness (QED) is 0.633. The molecule has 74 valence electrons. The first kappa shape index (κ1) is 8.49. The monoisotopic (exact) mass is 220 g/mol. The van der Waals surface area contributed by atoms with Gasteiger partial charge in [-0.2, -0.15) is 0 Å². The van der Waals surface area contributed by atoms with E-state index in [0.29, 0.717) is 16.1 Å². The maximum Gasteiger partial charge on any atom is 0.294 e. The SMILES string of the molecule is O=c1[nH]cnc2c1oc1c(Cl)cccc12. The molecule has 0 radical (unpaired) electrons. The van der Waals surface area contributed by atoms with Gasteiger partial charge in [-0.05, 0) is 12.1 Å². The van der Waals surface area contributed by atoms with Crippen molar-refractivity contribution < 1.29 is 4.42 Å². The second kappa shape index (κ2) is 2.84. The second-order valence-corrected chi connectivity index (χ2v) is 3.54. The topological polar surface area (TPSA) is 58.9 Å². The minimum atomic E-state index is -0.299. The molecule has 2 heterocycles. The number of H-pyrrole nitrogens is 1. The molecule has 15 heavy (non-hydrogen) atoms. The summed E-state index contributed by atoms with van der Waals surface area (Å²) in [6, 6.07) is 5.32. The van der Waals surface area contributed by atoms with Crippen molar-refractivity contribution in [2.75, 3.05) is 0 Å². The third kappa shape index (κ3) is 1.08. The molecule has 3 rings (SSSR count). The van der Waals surface area contributed by atoms with Crippen molar-refractivity contribution >= 4 is 33.7 Å². The van der Waals surface area contributed by atoms with Gasteiger partial charge in [0, 0.05) is 5.39 Å². The standard InChI is InChI=1S/C10H5ClN2O2/c11-6-3-1-2-5-7-9(15-8(5)6)10(14)13-4-12-7/h1-4H,(H,12,13,14). The second-order valence-electron chi connectivity index (χ2n) is 3.13. The predicted molar refractivity (Wildman–Crippen MR) is 57.1 cm³/mol. The number of fused-ring (bicyclic) bond motifs is 3. The number of aromatic nitrogens is 2. The number of rotatable bonds is 0. The Balaban J connectivity index is 2.69. The van der Waals surface area contributed by atoms with Crippen LogP contribution in [-0.4, -0.2) is 9.97 Å². The normalized spacial score (nSPS) is 11.3. The van der Waals surface area contributed by atoms with Crippen LogP contribution in [0.2, 0.25) is 5.02 Å². The van der Waals surface area contributed by atoms with Crippen LogP contribution >= 0.6 is 11.6 Å². The van der Waals surface area contributed by atoms with Gasteiger partial charge in [-0.15, -0.1) is 0 Å². The molecule has 2 aromatic heterocycles. The van der Waals surface area contributed by atoms with E-state index in [-0.39, 0.29) is 11.1 Å². The number of halogens is 1. The molecule has 0 saturated carbocycles. The summed E-state index contributed by atoms with van der Waals surface area (Å²) in [5.74, 6) is 0. The van der Waals surface area contributed by atoms with Crippen molar-refractivity contribution in [3.05, 3.63) is 39.9 Å². The van der Waals surface area contributed by atoms with Gasteiger partial charge in [0.05, 0.1) is 11.3 Å². The first-order chi connectivity index (χ1) is 7.27. The first-order valence-corrected chi connectivity index (χ1v) is 4.69. The fraction of sp³-hybridized carbons (Fsp3) is 0. The average molecular weight is 221 g/mol. The Morgan fingerprint density at radius 1 is 1.33 bits per heavy atom. The molecule has 0 unspecified atom stereocenters. The molecule has 3 aromatic rings.